The van der Waals surface area contributed by atoms with Crippen LogP contribution < -0.4 is 11.1 Å². The van der Waals surface area contributed by atoms with Crippen molar-refractivity contribution in [2.75, 3.05) is 6.54 Å². The van der Waals surface area contributed by atoms with E-state index < -0.39 is 0 Å². The molecule has 0 aliphatic heterocycles. The van der Waals surface area contributed by atoms with Crippen LogP contribution in [0.2, 0.25) is 0 Å². The average molecular weight is 264 g/mol. The zero-order valence-corrected chi connectivity index (χ0v) is 11.1. The summed E-state index contributed by atoms with van der Waals surface area (Å²) in [7, 11) is 0. The molecule has 3 nitrogen and oxygen atoms in total. The Hall–Kier alpha value is -1.42. The van der Waals surface area contributed by atoms with Gasteiger partial charge in [-0.25, -0.2) is 4.39 Å². The molecule has 0 bridgehead atoms. The Morgan fingerprint density at radius 1 is 1.32 bits per heavy atom. The Morgan fingerprint density at radius 3 is 2.58 bits per heavy atom. The molecule has 2 rings (SSSR count). The number of hydrogen-bond acceptors (Lipinski definition) is 2. The Kier molecular flexibility index (Phi) is 4.91. The molecule has 0 saturated heterocycles. The van der Waals surface area contributed by atoms with Gasteiger partial charge in [-0.05, 0) is 55.8 Å². The highest BCUT2D eigenvalue weighted by atomic mass is 19.1. The maximum absolute atomic E-state index is 12.9. The third-order valence-corrected chi connectivity index (χ3v) is 3.54. The highest BCUT2D eigenvalue weighted by Crippen LogP contribution is 2.40. The first kappa shape index (κ1) is 14.0. The van der Waals surface area contributed by atoms with Gasteiger partial charge < -0.3 is 11.1 Å². The maximum atomic E-state index is 12.9. The quantitative estimate of drug-likeness (QED) is 0.709. The second kappa shape index (κ2) is 6.66. The van der Waals surface area contributed by atoms with Crippen LogP contribution in [0.3, 0.4) is 0 Å². The van der Waals surface area contributed by atoms with Gasteiger partial charge in [-0.15, -0.1) is 0 Å². The number of nitrogens with two attached hydrogens (primary N) is 1. The van der Waals surface area contributed by atoms with Crippen LogP contribution in [-0.2, 0) is 4.79 Å². The highest BCUT2D eigenvalue weighted by Gasteiger charge is 2.31. The third kappa shape index (κ3) is 4.63. The molecule has 1 amide bonds. The van der Waals surface area contributed by atoms with E-state index in [9.17, 15) is 9.18 Å². The molecule has 1 aromatic carbocycles. The van der Waals surface area contributed by atoms with E-state index >= 15 is 0 Å². The predicted molar refractivity (Wildman–Crippen MR) is 72.9 cm³/mol. The Balaban J connectivity index is 1.80. The summed E-state index contributed by atoms with van der Waals surface area (Å²) >= 11 is 0. The van der Waals surface area contributed by atoms with Crippen molar-refractivity contribution in [1.82, 2.24) is 5.32 Å². The first-order valence-electron chi connectivity index (χ1n) is 6.94. The first-order valence-corrected chi connectivity index (χ1v) is 6.94. The summed E-state index contributed by atoms with van der Waals surface area (Å²) in [5.74, 6) is 0.235. The topological polar surface area (TPSA) is 55.1 Å². The lowest BCUT2D eigenvalue weighted by Gasteiger charge is -2.18. The molecular weight excluding hydrogens is 243 g/mol. The van der Waals surface area contributed by atoms with Crippen LogP contribution in [0.1, 0.15) is 43.7 Å². The van der Waals surface area contributed by atoms with Gasteiger partial charge in [0.2, 0.25) is 5.91 Å². The minimum Gasteiger partial charge on any atom is -0.370 e. The lowest BCUT2D eigenvalue weighted by atomic mass is 10.0. The summed E-state index contributed by atoms with van der Waals surface area (Å²) in [5, 5.41) is 3.52. The molecular formula is C15H21FN2O. The number of halogens is 1. The van der Waals surface area contributed by atoms with Crippen molar-refractivity contribution in [3.05, 3.63) is 35.6 Å². The Bertz CT molecular complexity index is 415. The number of primary amides is 1. The average Bonchev–Trinajstić information content (AvgIpc) is 3.19. The van der Waals surface area contributed by atoms with Crippen molar-refractivity contribution in [2.24, 2.45) is 11.7 Å². The van der Waals surface area contributed by atoms with Crippen LogP contribution in [0.4, 0.5) is 4.39 Å². The summed E-state index contributed by atoms with van der Waals surface area (Å²) in [5.41, 5.74) is 6.25. The van der Waals surface area contributed by atoms with Crippen LogP contribution in [-0.4, -0.2) is 12.5 Å². The van der Waals surface area contributed by atoms with E-state index in [1.54, 1.807) is 0 Å². The molecule has 1 aliphatic rings. The van der Waals surface area contributed by atoms with Crippen molar-refractivity contribution in [3.8, 4) is 0 Å². The summed E-state index contributed by atoms with van der Waals surface area (Å²) in [4.78, 5) is 10.6. The monoisotopic (exact) mass is 264 g/mol. The van der Waals surface area contributed by atoms with Crippen molar-refractivity contribution in [1.29, 1.82) is 0 Å². The summed E-state index contributed by atoms with van der Waals surface area (Å²) in [6.07, 6.45) is 4.68. The fourth-order valence-electron chi connectivity index (χ4n) is 2.34. The van der Waals surface area contributed by atoms with E-state index in [4.69, 9.17) is 5.73 Å². The number of amides is 1. The van der Waals surface area contributed by atoms with E-state index in [2.05, 4.69) is 5.32 Å². The molecule has 104 valence electrons. The smallest absolute Gasteiger partial charge is 0.217 e. The zero-order chi connectivity index (χ0) is 13.7. The number of carbonyl (C=O) groups is 1. The molecule has 0 radical (unpaired) electrons. The molecule has 0 heterocycles. The van der Waals surface area contributed by atoms with Crippen molar-refractivity contribution >= 4 is 5.91 Å². The van der Waals surface area contributed by atoms with E-state index in [1.165, 1.54) is 25.0 Å². The minimum absolute atomic E-state index is 0.195. The van der Waals surface area contributed by atoms with Gasteiger partial charge in [0.05, 0.1) is 0 Å². The van der Waals surface area contributed by atoms with E-state index in [-0.39, 0.29) is 11.7 Å². The van der Waals surface area contributed by atoms with Crippen LogP contribution in [0.25, 0.3) is 0 Å². The second-order valence-corrected chi connectivity index (χ2v) is 5.24. The maximum Gasteiger partial charge on any atom is 0.217 e. The van der Waals surface area contributed by atoms with Crippen LogP contribution in [0.15, 0.2) is 24.3 Å². The Labute approximate surface area is 113 Å². The number of benzene rings is 1. The van der Waals surface area contributed by atoms with E-state index in [1.807, 2.05) is 12.1 Å². The van der Waals surface area contributed by atoms with Crippen molar-refractivity contribution < 1.29 is 9.18 Å². The summed E-state index contributed by atoms with van der Waals surface area (Å²) in [6, 6.07) is 7.05. The molecule has 0 spiro atoms. The van der Waals surface area contributed by atoms with Crippen LogP contribution in [0.5, 0.6) is 0 Å². The number of rotatable bonds is 8. The van der Waals surface area contributed by atoms with E-state index in [0.29, 0.717) is 18.4 Å². The van der Waals surface area contributed by atoms with Gasteiger partial charge >= 0.3 is 0 Å². The van der Waals surface area contributed by atoms with Gasteiger partial charge in [0, 0.05) is 12.5 Å². The number of nitrogens with one attached hydrogen (secondary N) is 1. The molecule has 1 fully saturated rings. The zero-order valence-electron chi connectivity index (χ0n) is 11.1. The first-order chi connectivity index (χ1) is 9.16. The minimum atomic E-state index is -0.239. The van der Waals surface area contributed by atoms with Crippen LogP contribution >= 0.6 is 0 Å². The van der Waals surface area contributed by atoms with Crippen LogP contribution in [0, 0.1) is 11.7 Å². The fourth-order valence-corrected chi connectivity index (χ4v) is 2.34. The molecule has 4 heteroatoms. The number of hydrogen-bond donors (Lipinski definition) is 2. The summed E-state index contributed by atoms with van der Waals surface area (Å²) < 4.78 is 12.9. The second-order valence-electron chi connectivity index (χ2n) is 5.24. The number of unbranched alkanes of at least 4 members (excludes halogenated alkanes) is 1. The number of carbonyl (C=O) groups excluding carboxylic acids is 1. The summed E-state index contributed by atoms with van der Waals surface area (Å²) in [6.45, 7) is 0.867. The molecule has 1 aromatic rings. The lowest BCUT2D eigenvalue weighted by molar-refractivity contribution is -0.118. The largest absolute Gasteiger partial charge is 0.370 e. The third-order valence-electron chi connectivity index (χ3n) is 3.54. The SMILES string of the molecule is NC(=O)CCCCNC(c1ccc(F)cc1)C1CC1. The van der Waals surface area contributed by atoms with Gasteiger partial charge in [0.15, 0.2) is 0 Å². The van der Waals surface area contributed by atoms with Gasteiger partial charge in [-0.3, -0.25) is 4.79 Å². The van der Waals surface area contributed by atoms with Gasteiger partial charge in [0.25, 0.3) is 0 Å². The molecule has 1 aliphatic carbocycles. The fraction of sp³-hybridized carbons (Fsp3) is 0.533. The van der Waals surface area contributed by atoms with Crippen molar-refractivity contribution in [3.63, 3.8) is 0 Å². The molecule has 1 unspecified atom stereocenters. The van der Waals surface area contributed by atoms with Gasteiger partial charge in [-0.2, -0.15) is 0 Å². The van der Waals surface area contributed by atoms with Gasteiger partial charge in [-0.1, -0.05) is 12.1 Å². The molecule has 0 aromatic heterocycles. The van der Waals surface area contributed by atoms with Crippen molar-refractivity contribution in [2.45, 2.75) is 38.1 Å². The molecule has 19 heavy (non-hydrogen) atoms. The lowest BCUT2D eigenvalue weighted by Crippen LogP contribution is -2.24. The molecule has 1 saturated carbocycles. The molecule has 1 atom stereocenters. The molecule has 3 N–H and O–H groups in total. The van der Waals surface area contributed by atoms with Gasteiger partial charge in [0.1, 0.15) is 5.82 Å². The van der Waals surface area contributed by atoms with E-state index in [0.717, 1.165) is 24.9 Å². The standard InChI is InChI=1S/C15H21FN2O/c16-13-8-6-12(7-9-13)15(11-4-5-11)18-10-2-1-3-14(17)19/h6-9,11,15,18H,1-5,10H2,(H2,17,19). The normalized spacial score (nSPS) is 16.3. The highest BCUT2D eigenvalue weighted by molar-refractivity contribution is 5.73. The predicted octanol–water partition coefficient (Wildman–Crippen LogP) is 2.52. The Morgan fingerprint density at radius 2 is 2.00 bits per heavy atom.